The molecular weight excluding hydrogens is 243 g/mol. The van der Waals surface area contributed by atoms with Crippen LogP contribution in [0.5, 0.6) is 0 Å². The van der Waals surface area contributed by atoms with Crippen molar-refractivity contribution in [3.8, 4) is 0 Å². The van der Waals surface area contributed by atoms with E-state index in [1.54, 1.807) is 0 Å². The van der Waals surface area contributed by atoms with Gasteiger partial charge in [0.05, 0.1) is 10.5 Å². The van der Waals surface area contributed by atoms with Gasteiger partial charge in [-0.1, -0.05) is 0 Å². The number of benzene rings is 1. The van der Waals surface area contributed by atoms with Gasteiger partial charge >= 0.3 is 0 Å². The third kappa shape index (κ3) is 2.79. The van der Waals surface area contributed by atoms with Crippen molar-refractivity contribution in [3.05, 3.63) is 56.5 Å². The van der Waals surface area contributed by atoms with Crippen LogP contribution in [0.3, 0.4) is 0 Å². The zero-order valence-corrected chi connectivity index (χ0v) is 9.54. The lowest BCUT2D eigenvalue weighted by Crippen LogP contribution is -2.03. The van der Waals surface area contributed by atoms with E-state index in [1.807, 2.05) is 16.8 Å². The van der Waals surface area contributed by atoms with Crippen LogP contribution in [0.4, 0.5) is 15.8 Å². The van der Waals surface area contributed by atoms with Gasteiger partial charge in [0.1, 0.15) is 5.82 Å². The molecule has 0 aliphatic rings. The lowest BCUT2D eigenvalue weighted by molar-refractivity contribution is -0.385. The van der Waals surface area contributed by atoms with Gasteiger partial charge in [0.25, 0.3) is 5.69 Å². The number of halogens is 1. The largest absolute Gasteiger partial charge is 0.380 e. The molecule has 1 aromatic carbocycles. The minimum absolute atomic E-state index is 0.0749. The number of nitro groups is 1. The predicted octanol–water partition coefficient (Wildman–Crippen LogP) is 3.41. The second kappa shape index (κ2) is 4.92. The summed E-state index contributed by atoms with van der Waals surface area (Å²) in [7, 11) is 0. The molecule has 2 aromatic rings. The van der Waals surface area contributed by atoms with Crippen LogP contribution in [0.15, 0.2) is 35.0 Å². The number of nitrogens with one attached hydrogen (secondary N) is 1. The van der Waals surface area contributed by atoms with Crippen LogP contribution in [-0.4, -0.2) is 4.92 Å². The SMILES string of the molecule is O=[N+]([O-])c1ccc(F)cc1CNc1ccsc1. The van der Waals surface area contributed by atoms with E-state index in [-0.39, 0.29) is 12.2 Å². The molecule has 0 unspecified atom stereocenters. The molecule has 0 bridgehead atoms. The van der Waals surface area contributed by atoms with Gasteiger partial charge in [-0.15, -0.1) is 0 Å². The summed E-state index contributed by atoms with van der Waals surface area (Å²) in [5.41, 5.74) is 1.13. The molecule has 1 heterocycles. The highest BCUT2D eigenvalue weighted by molar-refractivity contribution is 7.08. The van der Waals surface area contributed by atoms with E-state index in [2.05, 4.69) is 5.32 Å². The molecule has 0 radical (unpaired) electrons. The molecule has 0 aliphatic heterocycles. The number of hydrogen-bond acceptors (Lipinski definition) is 4. The molecule has 0 amide bonds. The average Bonchev–Trinajstić information content (AvgIpc) is 2.78. The first-order chi connectivity index (χ1) is 8.16. The fraction of sp³-hybridized carbons (Fsp3) is 0.0909. The Hall–Kier alpha value is -1.95. The number of hydrogen-bond donors (Lipinski definition) is 1. The summed E-state index contributed by atoms with van der Waals surface area (Å²) < 4.78 is 13.0. The molecule has 0 saturated carbocycles. The van der Waals surface area contributed by atoms with E-state index in [0.29, 0.717) is 5.56 Å². The smallest absolute Gasteiger partial charge is 0.274 e. The zero-order valence-electron chi connectivity index (χ0n) is 8.72. The van der Waals surface area contributed by atoms with Crippen molar-refractivity contribution in [2.45, 2.75) is 6.54 Å². The Labute approximate surface area is 101 Å². The van der Waals surface area contributed by atoms with Crippen molar-refractivity contribution < 1.29 is 9.31 Å². The summed E-state index contributed by atoms with van der Waals surface area (Å²) >= 11 is 1.52. The molecule has 6 heteroatoms. The molecule has 0 saturated heterocycles. The quantitative estimate of drug-likeness (QED) is 0.670. The highest BCUT2D eigenvalue weighted by Crippen LogP contribution is 2.21. The molecule has 0 fully saturated rings. The van der Waals surface area contributed by atoms with Crippen molar-refractivity contribution in [1.82, 2.24) is 0 Å². The number of nitrogens with zero attached hydrogens (tertiary/aromatic N) is 1. The third-order valence-corrected chi connectivity index (χ3v) is 2.93. The molecule has 88 valence electrons. The monoisotopic (exact) mass is 252 g/mol. The average molecular weight is 252 g/mol. The van der Waals surface area contributed by atoms with Gasteiger partial charge in [-0.25, -0.2) is 4.39 Å². The summed E-state index contributed by atoms with van der Waals surface area (Å²) in [5, 5.41) is 17.5. The highest BCUT2D eigenvalue weighted by Gasteiger charge is 2.13. The molecule has 2 rings (SSSR count). The van der Waals surface area contributed by atoms with E-state index in [9.17, 15) is 14.5 Å². The van der Waals surface area contributed by atoms with E-state index in [1.165, 1.54) is 23.5 Å². The lowest BCUT2D eigenvalue weighted by Gasteiger charge is -2.05. The molecule has 0 aliphatic carbocycles. The molecule has 0 atom stereocenters. The summed E-state index contributed by atoms with van der Waals surface area (Å²) in [6, 6.07) is 5.31. The van der Waals surface area contributed by atoms with Crippen molar-refractivity contribution in [1.29, 1.82) is 0 Å². The Morgan fingerprint density at radius 3 is 2.88 bits per heavy atom. The van der Waals surface area contributed by atoms with Crippen molar-refractivity contribution in [3.63, 3.8) is 0 Å². The molecule has 1 N–H and O–H groups in total. The molecule has 1 aromatic heterocycles. The van der Waals surface area contributed by atoms with Crippen LogP contribution >= 0.6 is 11.3 Å². The van der Waals surface area contributed by atoms with Crippen molar-refractivity contribution in [2.24, 2.45) is 0 Å². The second-order valence-electron chi connectivity index (χ2n) is 3.40. The molecular formula is C11H9FN2O2S. The van der Waals surface area contributed by atoms with Crippen LogP contribution in [0, 0.1) is 15.9 Å². The normalized spacial score (nSPS) is 10.2. The number of nitro benzene ring substituents is 1. The topological polar surface area (TPSA) is 55.2 Å². The highest BCUT2D eigenvalue weighted by atomic mass is 32.1. The van der Waals surface area contributed by atoms with Crippen LogP contribution in [-0.2, 0) is 6.54 Å². The van der Waals surface area contributed by atoms with Crippen LogP contribution in [0.2, 0.25) is 0 Å². The molecule has 17 heavy (non-hydrogen) atoms. The maximum Gasteiger partial charge on any atom is 0.274 e. The Morgan fingerprint density at radius 1 is 1.41 bits per heavy atom. The molecule has 4 nitrogen and oxygen atoms in total. The number of anilines is 1. The first-order valence-electron chi connectivity index (χ1n) is 4.85. The summed E-state index contributed by atoms with van der Waals surface area (Å²) in [6.45, 7) is 0.227. The van der Waals surface area contributed by atoms with Gasteiger partial charge in [-0.05, 0) is 23.6 Å². The van der Waals surface area contributed by atoms with Crippen LogP contribution in [0.25, 0.3) is 0 Å². The van der Waals surface area contributed by atoms with Gasteiger partial charge in [0, 0.05) is 23.7 Å². The zero-order chi connectivity index (χ0) is 12.3. The Kier molecular flexibility index (Phi) is 3.34. The van der Waals surface area contributed by atoms with Gasteiger partial charge in [0.2, 0.25) is 0 Å². The second-order valence-corrected chi connectivity index (χ2v) is 4.18. The maximum atomic E-state index is 13.0. The summed E-state index contributed by atoms with van der Waals surface area (Å²) in [4.78, 5) is 10.2. The Bertz CT molecular complexity index is 528. The van der Waals surface area contributed by atoms with Crippen LogP contribution in [0.1, 0.15) is 5.56 Å². The molecule has 0 spiro atoms. The predicted molar refractivity (Wildman–Crippen MR) is 64.7 cm³/mol. The van der Waals surface area contributed by atoms with Gasteiger partial charge in [-0.3, -0.25) is 10.1 Å². The van der Waals surface area contributed by atoms with E-state index in [0.717, 1.165) is 11.8 Å². The van der Waals surface area contributed by atoms with E-state index >= 15 is 0 Å². The Balaban J connectivity index is 2.19. The minimum atomic E-state index is -0.510. The number of rotatable bonds is 4. The fourth-order valence-electron chi connectivity index (χ4n) is 1.44. The standard InChI is InChI=1S/C11H9FN2O2S/c12-9-1-2-11(14(15)16)8(5-9)6-13-10-3-4-17-7-10/h1-5,7,13H,6H2. The summed E-state index contributed by atoms with van der Waals surface area (Å²) in [6.07, 6.45) is 0. The fourth-order valence-corrected chi connectivity index (χ4v) is 2.05. The van der Waals surface area contributed by atoms with E-state index in [4.69, 9.17) is 0 Å². The van der Waals surface area contributed by atoms with Gasteiger partial charge in [-0.2, -0.15) is 11.3 Å². The maximum absolute atomic E-state index is 13.0. The first kappa shape index (κ1) is 11.5. The first-order valence-corrected chi connectivity index (χ1v) is 5.80. The number of thiophene rings is 1. The van der Waals surface area contributed by atoms with Crippen LogP contribution < -0.4 is 5.32 Å². The summed E-state index contributed by atoms with van der Waals surface area (Å²) in [5.74, 6) is -0.474. The van der Waals surface area contributed by atoms with Crippen molar-refractivity contribution >= 4 is 22.7 Å². The lowest BCUT2D eigenvalue weighted by atomic mass is 10.1. The Morgan fingerprint density at radius 2 is 2.24 bits per heavy atom. The van der Waals surface area contributed by atoms with E-state index < -0.39 is 10.7 Å². The van der Waals surface area contributed by atoms with Gasteiger partial charge < -0.3 is 5.32 Å². The van der Waals surface area contributed by atoms with Gasteiger partial charge in [0.15, 0.2) is 0 Å². The third-order valence-electron chi connectivity index (χ3n) is 2.24. The minimum Gasteiger partial charge on any atom is -0.380 e. The van der Waals surface area contributed by atoms with Crippen molar-refractivity contribution in [2.75, 3.05) is 5.32 Å².